The highest BCUT2D eigenvalue weighted by molar-refractivity contribution is 7.88. The van der Waals surface area contributed by atoms with Crippen molar-refractivity contribution in [2.45, 2.75) is 25.0 Å². The molecule has 27 heavy (non-hydrogen) atoms. The summed E-state index contributed by atoms with van der Waals surface area (Å²) in [6.45, 7) is 1.17. The third-order valence-corrected chi connectivity index (χ3v) is 5.89. The minimum absolute atomic E-state index is 0.0356. The number of hydrogen-bond donors (Lipinski definition) is 1. The van der Waals surface area contributed by atoms with E-state index in [2.05, 4.69) is 14.3 Å². The monoisotopic (exact) mass is 383 g/mol. The molecule has 0 unspecified atom stereocenters. The fraction of sp³-hybridized carbons (Fsp3) is 0.250. The van der Waals surface area contributed by atoms with Crippen LogP contribution in [0.3, 0.4) is 0 Å². The molecule has 0 bridgehead atoms. The van der Waals surface area contributed by atoms with Crippen molar-refractivity contribution < 1.29 is 13.2 Å². The molecule has 4 rings (SSSR count). The third kappa shape index (κ3) is 4.27. The standard InChI is InChI=1S/C20H21N3O3S/c24-27(25,15-16-7-3-1-4-8-16)22-11-18-13-23-19(12-21-20(23)14-26-18)17-9-5-2-6-10-17/h1-10,12,18,22H,11,13-15H2/t18-/m0/s1. The molecule has 1 aliphatic heterocycles. The predicted octanol–water partition coefficient (Wildman–Crippen LogP) is 2.57. The molecule has 1 atom stereocenters. The number of nitrogens with zero attached hydrogens (tertiary/aromatic N) is 2. The Bertz CT molecular complexity index is 1000. The van der Waals surface area contributed by atoms with Crippen molar-refractivity contribution >= 4 is 10.0 Å². The third-order valence-electron chi connectivity index (χ3n) is 4.57. The van der Waals surface area contributed by atoms with Crippen LogP contribution in [0.25, 0.3) is 11.3 Å². The van der Waals surface area contributed by atoms with E-state index in [1.54, 1.807) is 12.1 Å². The van der Waals surface area contributed by atoms with Crippen LogP contribution in [0.15, 0.2) is 66.9 Å². The van der Waals surface area contributed by atoms with Gasteiger partial charge in [-0.1, -0.05) is 60.7 Å². The maximum atomic E-state index is 12.3. The van der Waals surface area contributed by atoms with Crippen LogP contribution in [0.5, 0.6) is 0 Å². The van der Waals surface area contributed by atoms with Crippen molar-refractivity contribution in [1.82, 2.24) is 14.3 Å². The topological polar surface area (TPSA) is 73.2 Å². The van der Waals surface area contributed by atoms with E-state index < -0.39 is 10.0 Å². The van der Waals surface area contributed by atoms with Gasteiger partial charge in [0, 0.05) is 6.54 Å². The first-order valence-corrected chi connectivity index (χ1v) is 10.5. The molecular weight excluding hydrogens is 362 g/mol. The molecule has 3 aromatic rings. The predicted molar refractivity (Wildman–Crippen MR) is 103 cm³/mol. The largest absolute Gasteiger partial charge is 0.367 e. The Morgan fingerprint density at radius 2 is 1.78 bits per heavy atom. The van der Waals surface area contributed by atoms with Crippen molar-refractivity contribution in [2.75, 3.05) is 6.54 Å². The Morgan fingerprint density at radius 3 is 2.52 bits per heavy atom. The van der Waals surface area contributed by atoms with Gasteiger partial charge in [0.1, 0.15) is 12.4 Å². The summed E-state index contributed by atoms with van der Waals surface area (Å²) in [6, 6.07) is 19.2. The van der Waals surface area contributed by atoms with Crippen LogP contribution < -0.4 is 4.72 Å². The van der Waals surface area contributed by atoms with Crippen molar-refractivity contribution in [3.05, 3.63) is 78.2 Å². The van der Waals surface area contributed by atoms with Crippen LogP contribution in [0.1, 0.15) is 11.4 Å². The zero-order valence-corrected chi connectivity index (χ0v) is 15.6. The van der Waals surface area contributed by atoms with Crippen molar-refractivity contribution in [1.29, 1.82) is 0 Å². The van der Waals surface area contributed by atoms with Gasteiger partial charge in [0.15, 0.2) is 0 Å². The summed E-state index contributed by atoms with van der Waals surface area (Å²) in [5.41, 5.74) is 2.87. The van der Waals surface area contributed by atoms with Crippen molar-refractivity contribution in [3.8, 4) is 11.3 Å². The summed E-state index contributed by atoms with van der Waals surface area (Å²) >= 11 is 0. The van der Waals surface area contributed by atoms with Crippen LogP contribution >= 0.6 is 0 Å². The molecular formula is C20H21N3O3S. The molecule has 7 heteroatoms. The molecule has 0 fully saturated rings. The second kappa shape index (κ2) is 7.64. The molecule has 0 radical (unpaired) electrons. The van der Waals surface area contributed by atoms with Crippen LogP contribution in [-0.2, 0) is 33.7 Å². The quantitative estimate of drug-likeness (QED) is 0.710. The normalized spacial score (nSPS) is 16.8. The highest BCUT2D eigenvalue weighted by Gasteiger charge is 2.24. The van der Waals surface area contributed by atoms with E-state index in [4.69, 9.17) is 4.74 Å². The number of rotatable bonds is 6. The molecule has 0 aliphatic carbocycles. The van der Waals surface area contributed by atoms with Gasteiger partial charge in [0.25, 0.3) is 0 Å². The van der Waals surface area contributed by atoms with Gasteiger partial charge in [-0.05, 0) is 11.1 Å². The summed E-state index contributed by atoms with van der Waals surface area (Å²) in [5.74, 6) is 0.823. The first-order valence-electron chi connectivity index (χ1n) is 8.83. The van der Waals surface area contributed by atoms with E-state index in [1.807, 2.05) is 54.7 Å². The van der Waals surface area contributed by atoms with Gasteiger partial charge in [0.05, 0.1) is 30.3 Å². The van der Waals surface area contributed by atoms with Gasteiger partial charge in [-0.2, -0.15) is 0 Å². The summed E-state index contributed by atoms with van der Waals surface area (Å²) in [5, 5.41) is 0. The van der Waals surface area contributed by atoms with Crippen molar-refractivity contribution in [3.63, 3.8) is 0 Å². The molecule has 0 saturated heterocycles. The average Bonchev–Trinajstić information content (AvgIpc) is 3.11. The number of benzene rings is 2. The molecule has 0 saturated carbocycles. The number of hydrogen-bond acceptors (Lipinski definition) is 4. The summed E-state index contributed by atoms with van der Waals surface area (Å²) in [4.78, 5) is 4.43. The second-order valence-corrected chi connectivity index (χ2v) is 8.37. The van der Waals surface area contributed by atoms with Gasteiger partial charge < -0.3 is 9.30 Å². The Kier molecular flexibility index (Phi) is 5.07. The highest BCUT2D eigenvalue weighted by Crippen LogP contribution is 2.24. The van der Waals surface area contributed by atoms with Gasteiger partial charge in [-0.15, -0.1) is 0 Å². The Hall–Kier alpha value is -2.48. The number of nitrogens with one attached hydrogen (secondary N) is 1. The molecule has 2 aromatic carbocycles. The maximum absolute atomic E-state index is 12.3. The smallest absolute Gasteiger partial charge is 0.215 e. The minimum atomic E-state index is -3.42. The Morgan fingerprint density at radius 1 is 1.07 bits per heavy atom. The lowest BCUT2D eigenvalue weighted by Gasteiger charge is -2.26. The lowest BCUT2D eigenvalue weighted by atomic mass is 10.1. The molecule has 1 aliphatic rings. The molecule has 1 N–H and O–H groups in total. The molecule has 2 heterocycles. The second-order valence-electron chi connectivity index (χ2n) is 6.56. The van der Waals surface area contributed by atoms with Crippen LogP contribution in [0, 0.1) is 0 Å². The first kappa shape index (κ1) is 17.9. The van der Waals surface area contributed by atoms with E-state index in [0.717, 1.165) is 22.6 Å². The van der Waals surface area contributed by atoms with Gasteiger partial charge >= 0.3 is 0 Å². The molecule has 0 spiro atoms. The highest BCUT2D eigenvalue weighted by atomic mass is 32.2. The van der Waals surface area contributed by atoms with E-state index in [0.29, 0.717) is 13.2 Å². The molecule has 0 amide bonds. The van der Waals surface area contributed by atoms with E-state index >= 15 is 0 Å². The maximum Gasteiger partial charge on any atom is 0.215 e. The summed E-state index contributed by atoms with van der Waals surface area (Å²) < 4.78 is 35.2. The van der Waals surface area contributed by atoms with Gasteiger partial charge in [-0.3, -0.25) is 0 Å². The number of ether oxygens (including phenoxy) is 1. The zero-order chi connectivity index (χ0) is 18.7. The minimum Gasteiger partial charge on any atom is -0.367 e. The van der Waals surface area contributed by atoms with Crippen molar-refractivity contribution in [2.24, 2.45) is 0 Å². The Labute approximate surface area is 158 Å². The lowest BCUT2D eigenvalue weighted by Crippen LogP contribution is -2.39. The fourth-order valence-electron chi connectivity index (χ4n) is 3.21. The number of sulfonamides is 1. The summed E-state index contributed by atoms with van der Waals surface area (Å²) in [7, 11) is -3.42. The zero-order valence-electron chi connectivity index (χ0n) is 14.8. The van der Waals surface area contributed by atoms with E-state index in [1.165, 1.54) is 0 Å². The number of fused-ring (bicyclic) bond motifs is 1. The van der Waals surface area contributed by atoms with Gasteiger partial charge in [-0.25, -0.2) is 18.1 Å². The van der Waals surface area contributed by atoms with E-state index in [-0.39, 0.29) is 18.4 Å². The van der Waals surface area contributed by atoms with E-state index in [9.17, 15) is 8.42 Å². The first-order chi connectivity index (χ1) is 13.1. The number of aromatic nitrogens is 2. The summed E-state index contributed by atoms with van der Waals surface area (Å²) in [6.07, 6.45) is 1.61. The lowest BCUT2D eigenvalue weighted by molar-refractivity contribution is 0.00634. The number of imidazole rings is 1. The molecule has 140 valence electrons. The Balaban J connectivity index is 1.42. The van der Waals surface area contributed by atoms with Crippen LogP contribution in [0.2, 0.25) is 0 Å². The fourth-order valence-corrected chi connectivity index (χ4v) is 4.38. The average molecular weight is 383 g/mol. The SMILES string of the molecule is O=S(=O)(Cc1ccccc1)NC[C@H]1Cn2c(-c3ccccc3)cnc2CO1. The molecule has 6 nitrogen and oxygen atoms in total. The molecule has 1 aromatic heterocycles. The van der Waals surface area contributed by atoms with Gasteiger partial charge in [0.2, 0.25) is 10.0 Å². The van der Waals surface area contributed by atoms with Crippen LogP contribution in [-0.4, -0.2) is 30.6 Å². The van der Waals surface area contributed by atoms with Crippen LogP contribution in [0.4, 0.5) is 0 Å².